The van der Waals surface area contributed by atoms with E-state index < -0.39 is 0 Å². The van der Waals surface area contributed by atoms with E-state index in [0.717, 1.165) is 0 Å². The lowest BCUT2D eigenvalue weighted by Gasteiger charge is -1.93. The van der Waals surface area contributed by atoms with Crippen LogP contribution in [-0.2, 0) is 0 Å². The van der Waals surface area contributed by atoms with Crippen molar-refractivity contribution < 1.29 is 0 Å². The minimum Gasteiger partial charge on any atom is -0.359 e. The first-order chi connectivity index (χ1) is 8.33. The summed E-state index contributed by atoms with van der Waals surface area (Å²) in [6.45, 7) is 2.12. The van der Waals surface area contributed by atoms with E-state index in [9.17, 15) is 0 Å². The Labute approximate surface area is 98.3 Å². The number of hydrogen-bond acceptors (Lipinski definition) is 0. The lowest BCUT2D eigenvalue weighted by molar-refractivity contribution is 1.45. The minimum atomic E-state index is 1.19. The number of hydrogen-bond donors (Lipinski definition) is 2. The van der Waals surface area contributed by atoms with Crippen LogP contribution in [0.4, 0.5) is 0 Å². The summed E-state index contributed by atoms with van der Waals surface area (Å²) < 4.78 is 0. The molecule has 2 aromatic carbocycles. The van der Waals surface area contributed by atoms with Gasteiger partial charge in [0.25, 0.3) is 0 Å². The quantitative estimate of drug-likeness (QED) is 0.447. The van der Waals surface area contributed by atoms with Gasteiger partial charge in [-0.05, 0) is 24.6 Å². The van der Waals surface area contributed by atoms with Crippen molar-refractivity contribution in [1.82, 2.24) is 9.97 Å². The number of aromatic nitrogens is 2. The topological polar surface area (TPSA) is 31.6 Å². The summed E-state index contributed by atoms with van der Waals surface area (Å²) in [5.74, 6) is 0. The van der Waals surface area contributed by atoms with Gasteiger partial charge in [-0.2, -0.15) is 0 Å². The number of aryl methyl sites for hydroxylation is 1. The second-order valence-corrected chi connectivity index (χ2v) is 4.60. The summed E-state index contributed by atoms with van der Waals surface area (Å²) in [6, 6.07) is 13.0. The van der Waals surface area contributed by atoms with E-state index in [4.69, 9.17) is 0 Å². The van der Waals surface area contributed by atoms with Crippen LogP contribution in [0.5, 0.6) is 0 Å². The van der Waals surface area contributed by atoms with Crippen LogP contribution in [0.15, 0.2) is 42.6 Å². The van der Waals surface area contributed by atoms with Crippen molar-refractivity contribution >= 4 is 32.7 Å². The molecule has 0 radical (unpaired) electrons. The van der Waals surface area contributed by atoms with Gasteiger partial charge in [-0.25, -0.2) is 0 Å². The molecule has 0 saturated heterocycles. The summed E-state index contributed by atoms with van der Waals surface area (Å²) in [6.07, 6.45) is 1.99. The highest BCUT2D eigenvalue weighted by atomic mass is 14.8. The Morgan fingerprint density at radius 2 is 1.76 bits per heavy atom. The molecule has 0 unspecified atom stereocenters. The first kappa shape index (κ1) is 8.88. The molecule has 0 bridgehead atoms. The Morgan fingerprint density at radius 1 is 0.882 bits per heavy atom. The van der Waals surface area contributed by atoms with Gasteiger partial charge in [0.1, 0.15) is 0 Å². The van der Waals surface area contributed by atoms with Crippen LogP contribution in [-0.4, -0.2) is 9.97 Å². The Bertz CT molecular complexity index is 849. The minimum absolute atomic E-state index is 1.19. The van der Waals surface area contributed by atoms with Crippen molar-refractivity contribution in [3.63, 3.8) is 0 Å². The molecule has 2 nitrogen and oxygen atoms in total. The average Bonchev–Trinajstić information content (AvgIpc) is 2.90. The molecule has 0 spiro atoms. The molecule has 17 heavy (non-hydrogen) atoms. The molecule has 0 aliphatic carbocycles. The molecule has 2 heterocycles. The van der Waals surface area contributed by atoms with Crippen LogP contribution in [0.2, 0.25) is 0 Å². The lowest BCUT2D eigenvalue weighted by atomic mass is 10.1. The number of nitrogens with one attached hydrogen (secondary N) is 2. The zero-order valence-corrected chi connectivity index (χ0v) is 9.54. The summed E-state index contributed by atoms with van der Waals surface area (Å²) >= 11 is 0. The lowest BCUT2D eigenvalue weighted by Crippen LogP contribution is -1.71. The molecule has 0 amide bonds. The number of benzene rings is 2. The van der Waals surface area contributed by atoms with E-state index in [1.807, 2.05) is 6.20 Å². The predicted octanol–water partition coefficient (Wildman–Crippen LogP) is 4.11. The van der Waals surface area contributed by atoms with Gasteiger partial charge in [0, 0.05) is 27.9 Å². The molecular formula is C15H12N2. The molecule has 0 aliphatic heterocycles. The monoisotopic (exact) mass is 220 g/mol. The first-order valence-corrected chi connectivity index (χ1v) is 5.81. The molecular weight excluding hydrogens is 208 g/mol. The van der Waals surface area contributed by atoms with Crippen LogP contribution >= 0.6 is 0 Å². The zero-order chi connectivity index (χ0) is 11.4. The van der Waals surface area contributed by atoms with Crippen molar-refractivity contribution in [1.29, 1.82) is 0 Å². The van der Waals surface area contributed by atoms with E-state index in [2.05, 4.69) is 53.3 Å². The molecule has 2 aromatic heterocycles. The molecule has 4 rings (SSSR count). The van der Waals surface area contributed by atoms with Gasteiger partial charge in [0.05, 0.1) is 11.0 Å². The Hall–Kier alpha value is -2.22. The van der Waals surface area contributed by atoms with Crippen LogP contribution in [0.3, 0.4) is 0 Å². The second kappa shape index (κ2) is 2.92. The van der Waals surface area contributed by atoms with E-state index in [1.54, 1.807) is 0 Å². The average molecular weight is 220 g/mol. The molecule has 0 atom stereocenters. The number of fused-ring (bicyclic) bond motifs is 5. The Kier molecular flexibility index (Phi) is 1.52. The maximum atomic E-state index is 3.52. The molecule has 2 heteroatoms. The molecule has 4 aromatic rings. The zero-order valence-electron chi connectivity index (χ0n) is 9.54. The van der Waals surface area contributed by atoms with Gasteiger partial charge < -0.3 is 9.97 Å². The summed E-state index contributed by atoms with van der Waals surface area (Å²) in [7, 11) is 0. The van der Waals surface area contributed by atoms with Crippen LogP contribution in [0.1, 0.15) is 5.56 Å². The van der Waals surface area contributed by atoms with Gasteiger partial charge >= 0.3 is 0 Å². The van der Waals surface area contributed by atoms with E-state index >= 15 is 0 Å². The van der Waals surface area contributed by atoms with Gasteiger partial charge in [-0.3, -0.25) is 0 Å². The normalized spacial score (nSPS) is 11.8. The van der Waals surface area contributed by atoms with Gasteiger partial charge in [-0.1, -0.05) is 24.3 Å². The SMILES string of the molecule is Cc1ccc2c(c1)[nH]c1c2ccc2cc[nH]c21. The summed E-state index contributed by atoms with van der Waals surface area (Å²) in [4.78, 5) is 6.82. The fraction of sp³-hybridized carbons (Fsp3) is 0.0667. The third-order valence-corrected chi connectivity index (χ3v) is 3.45. The number of rotatable bonds is 0. The highest BCUT2D eigenvalue weighted by Gasteiger charge is 2.07. The summed E-state index contributed by atoms with van der Waals surface area (Å²) in [5, 5.41) is 3.83. The van der Waals surface area contributed by atoms with Crippen molar-refractivity contribution in [2.45, 2.75) is 6.92 Å². The van der Waals surface area contributed by atoms with Crippen LogP contribution in [0, 0.1) is 6.92 Å². The van der Waals surface area contributed by atoms with Crippen molar-refractivity contribution in [3.05, 3.63) is 48.2 Å². The van der Waals surface area contributed by atoms with Crippen LogP contribution in [0.25, 0.3) is 32.7 Å². The maximum Gasteiger partial charge on any atom is 0.0710 e. The Morgan fingerprint density at radius 3 is 2.71 bits per heavy atom. The highest BCUT2D eigenvalue weighted by Crippen LogP contribution is 2.30. The second-order valence-electron chi connectivity index (χ2n) is 4.60. The molecule has 0 fully saturated rings. The van der Waals surface area contributed by atoms with E-state index in [1.165, 1.54) is 38.3 Å². The third-order valence-electron chi connectivity index (χ3n) is 3.45. The third kappa shape index (κ3) is 1.10. The number of H-pyrrole nitrogens is 2. The van der Waals surface area contributed by atoms with Gasteiger partial charge in [0.2, 0.25) is 0 Å². The smallest absolute Gasteiger partial charge is 0.0710 e. The predicted molar refractivity (Wildman–Crippen MR) is 72.4 cm³/mol. The van der Waals surface area contributed by atoms with Crippen molar-refractivity contribution in [2.24, 2.45) is 0 Å². The fourth-order valence-corrected chi connectivity index (χ4v) is 2.61. The standard InChI is InChI=1S/C15H12N2/c1-9-2-4-11-12-5-3-10-6-7-16-14(10)15(12)17-13(11)8-9/h2-8,16-17H,1H3. The largest absolute Gasteiger partial charge is 0.359 e. The van der Waals surface area contributed by atoms with Crippen molar-refractivity contribution in [2.75, 3.05) is 0 Å². The van der Waals surface area contributed by atoms with Crippen molar-refractivity contribution in [3.8, 4) is 0 Å². The maximum absolute atomic E-state index is 3.52. The Balaban J connectivity index is 2.32. The molecule has 2 N–H and O–H groups in total. The molecule has 0 saturated carbocycles. The molecule has 82 valence electrons. The van der Waals surface area contributed by atoms with E-state index in [-0.39, 0.29) is 0 Å². The van der Waals surface area contributed by atoms with Gasteiger partial charge in [0.15, 0.2) is 0 Å². The van der Waals surface area contributed by atoms with Crippen LogP contribution < -0.4 is 0 Å². The van der Waals surface area contributed by atoms with Gasteiger partial charge in [-0.15, -0.1) is 0 Å². The first-order valence-electron chi connectivity index (χ1n) is 5.81. The number of aromatic amines is 2. The fourth-order valence-electron chi connectivity index (χ4n) is 2.61. The highest BCUT2D eigenvalue weighted by molar-refractivity contribution is 6.15. The summed E-state index contributed by atoms with van der Waals surface area (Å²) in [5.41, 5.74) is 4.89. The molecule has 0 aliphatic rings. The van der Waals surface area contributed by atoms with E-state index in [0.29, 0.717) is 0 Å².